The molecular formula is C8H16N2. The Morgan fingerprint density at radius 3 is 3.00 bits per heavy atom. The Morgan fingerprint density at radius 2 is 2.50 bits per heavy atom. The van der Waals surface area contributed by atoms with E-state index in [1.165, 1.54) is 5.57 Å². The summed E-state index contributed by atoms with van der Waals surface area (Å²) in [5.74, 6) is 0. The lowest BCUT2D eigenvalue weighted by Crippen LogP contribution is -2.40. The van der Waals surface area contributed by atoms with Crippen molar-refractivity contribution in [3.05, 3.63) is 11.6 Å². The monoisotopic (exact) mass is 140 g/mol. The van der Waals surface area contributed by atoms with Crippen molar-refractivity contribution >= 4 is 0 Å². The van der Waals surface area contributed by atoms with Gasteiger partial charge < -0.3 is 5.73 Å². The fourth-order valence-electron chi connectivity index (χ4n) is 1.32. The molecule has 0 aromatic heterocycles. The van der Waals surface area contributed by atoms with E-state index in [9.17, 15) is 0 Å². The summed E-state index contributed by atoms with van der Waals surface area (Å²) in [6.45, 7) is 4.02. The first-order chi connectivity index (χ1) is 4.74. The molecule has 0 fully saturated rings. The molecule has 0 amide bonds. The molecule has 0 spiro atoms. The number of nitrogens with two attached hydrogens (primary N) is 1. The molecule has 0 saturated heterocycles. The van der Waals surface area contributed by atoms with Crippen molar-refractivity contribution in [1.29, 1.82) is 0 Å². The van der Waals surface area contributed by atoms with Gasteiger partial charge in [-0.25, -0.2) is 0 Å². The van der Waals surface area contributed by atoms with Gasteiger partial charge in [0.05, 0.1) is 0 Å². The van der Waals surface area contributed by atoms with Crippen molar-refractivity contribution in [2.75, 3.05) is 20.1 Å². The highest BCUT2D eigenvalue weighted by Gasteiger charge is 2.15. The molecule has 58 valence electrons. The maximum atomic E-state index is 5.59. The van der Waals surface area contributed by atoms with Gasteiger partial charge in [-0.3, -0.25) is 4.90 Å². The van der Waals surface area contributed by atoms with E-state index in [1.54, 1.807) is 0 Å². The second-order valence-electron chi connectivity index (χ2n) is 3.08. The molecule has 2 N–H and O–H groups in total. The molecule has 0 aliphatic carbocycles. The first-order valence-corrected chi connectivity index (χ1v) is 3.80. The van der Waals surface area contributed by atoms with E-state index in [-0.39, 0.29) is 0 Å². The van der Waals surface area contributed by atoms with Gasteiger partial charge in [-0.1, -0.05) is 11.6 Å². The summed E-state index contributed by atoms with van der Waals surface area (Å²) < 4.78 is 0. The fraction of sp³-hybridized carbons (Fsp3) is 0.750. The minimum atomic E-state index is 0.574. The van der Waals surface area contributed by atoms with E-state index in [0.717, 1.165) is 19.5 Å². The van der Waals surface area contributed by atoms with Crippen molar-refractivity contribution < 1.29 is 0 Å². The molecular weight excluding hydrogens is 124 g/mol. The first kappa shape index (κ1) is 7.76. The van der Waals surface area contributed by atoms with Crippen LogP contribution in [0.15, 0.2) is 11.6 Å². The summed E-state index contributed by atoms with van der Waals surface area (Å²) in [4.78, 5) is 2.30. The van der Waals surface area contributed by atoms with Crippen LogP contribution in [0.25, 0.3) is 0 Å². The highest BCUT2D eigenvalue weighted by molar-refractivity contribution is 5.06. The molecule has 0 radical (unpaired) electrons. The molecule has 10 heavy (non-hydrogen) atoms. The number of hydrogen-bond donors (Lipinski definition) is 1. The Bertz CT molecular complexity index is 140. The summed E-state index contributed by atoms with van der Waals surface area (Å²) >= 11 is 0. The Morgan fingerprint density at radius 1 is 1.80 bits per heavy atom. The predicted molar refractivity (Wildman–Crippen MR) is 43.8 cm³/mol. The zero-order valence-corrected chi connectivity index (χ0v) is 6.80. The number of nitrogens with zero attached hydrogens (tertiary/aromatic N) is 1. The second-order valence-corrected chi connectivity index (χ2v) is 3.08. The van der Waals surface area contributed by atoms with Crippen LogP contribution in [0.3, 0.4) is 0 Å². The molecule has 0 saturated carbocycles. The average Bonchev–Trinajstić information content (AvgIpc) is 1.94. The average molecular weight is 140 g/mol. The maximum absolute atomic E-state index is 5.59. The molecule has 1 heterocycles. The van der Waals surface area contributed by atoms with Gasteiger partial charge in [-0.05, 0) is 20.4 Å². The molecule has 1 aliphatic heterocycles. The lowest BCUT2D eigenvalue weighted by molar-refractivity contribution is 0.256. The second kappa shape index (κ2) is 3.17. The van der Waals surface area contributed by atoms with Crippen LogP contribution in [0.2, 0.25) is 0 Å². The maximum Gasteiger partial charge on any atom is 0.0255 e. The SMILES string of the molecule is CC1=CCN(C)C(CN)C1. The van der Waals surface area contributed by atoms with Gasteiger partial charge in [0.1, 0.15) is 0 Å². The van der Waals surface area contributed by atoms with E-state index in [0.29, 0.717) is 6.04 Å². The van der Waals surface area contributed by atoms with Crippen molar-refractivity contribution in [2.24, 2.45) is 5.73 Å². The van der Waals surface area contributed by atoms with E-state index >= 15 is 0 Å². The van der Waals surface area contributed by atoms with Gasteiger partial charge in [0, 0.05) is 19.1 Å². The minimum Gasteiger partial charge on any atom is -0.329 e. The van der Waals surface area contributed by atoms with E-state index in [2.05, 4.69) is 24.9 Å². The van der Waals surface area contributed by atoms with Gasteiger partial charge in [0.25, 0.3) is 0 Å². The molecule has 0 bridgehead atoms. The lowest BCUT2D eigenvalue weighted by atomic mass is 10.0. The molecule has 0 aromatic rings. The third-order valence-electron chi connectivity index (χ3n) is 2.18. The fourth-order valence-corrected chi connectivity index (χ4v) is 1.32. The molecule has 1 rings (SSSR count). The molecule has 2 heteroatoms. The first-order valence-electron chi connectivity index (χ1n) is 3.80. The molecule has 1 unspecified atom stereocenters. The van der Waals surface area contributed by atoms with Crippen molar-refractivity contribution in [1.82, 2.24) is 4.90 Å². The summed E-state index contributed by atoms with van der Waals surface area (Å²) in [5, 5.41) is 0. The van der Waals surface area contributed by atoms with Gasteiger partial charge in [0.2, 0.25) is 0 Å². The number of likely N-dealkylation sites (N-methyl/N-ethyl adjacent to an activating group) is 1. The van der Waals surface area contributed by atoms with Crippen LogP contribution in [0, 0.1) is 0 Å². The van der Waals surface area contributed by atoms with Gasteiger partial charge in [0.15, 0.2) is 0 Å². The van der Waals surface area contributed by atoms with Crippen LogP contribution < -0.4 is 5.73 Å². The molecule has 0 aromatic carbocycles. The van der Waals surface area contributed by atoms with Gasteiger partial charge in [-0.15, -0.1) is 0 Å². The quantitative estimate of drug-likeness (QED) is 0.540. The van der Waals surface area contributed by atoms with Crippen LogP contribution in [0.5, 0.6) is 0 Å². The summed E-state index contributed by atoms with van der Waals surface area (Å²) in [6.07, 6.45) is 3.42. The largest absolute Gasteiger partial charge is 0.329 e. The lowest BCUT2D eigenvalue weighted by Gasteiger charge is -2.30. The summed E-state index contributed by atoms with van der Waals surface area (Å²) in [7, 11) is 2.13. The van der Waals surface area contributed by atoms with Crippen LogP contribution in [-0.4, -0.2) is 31.1 Å². The Balaban J connectivity index is 2.53. The minimum absolute atomic E-state index is 0.574. The molecule has 1 atom stereocenters. The van der Waals surface area contributed by atoms with Crippen LogP contribution in [0.4, 0.5) is 0 Å². The van der Waals surface area contributed by atoms with Crippen LogP contribution >= 0.6 is 0 Å². The molecule has 2 nitrogen and oxygen atoms in total. The topological polar surface area (TPSA) is 29.3 Å². The zero-order chi connectivity index (χ0) is 7.56. The third kappa shape index (κ3) is 1.58. The highest BCUT2D eigenvalue weighted by atomic mass is 15.1. The number of hydrogen-bond acceptors (Lipinski definition) is 2. The Hall–Kier alpha value is -0.340. The van der Waals surface area contributed by atoms with E-state index in [1.807, 2.05) is 0 Å². The van der Waals surface area contributed by atoms with Gasteiger partial charge in [-0.2, -0.15) is 0 Å². The van der Waals surface area contributed by atoms with Crippen LogP contribution in [0.1, 0.15) is 13.3 Å². The van der Waals surface area contributed by atoms with Crippen molar-refractivity contribution in [3.8, 4) is 0 Å². The van der Waals surface area contributed by atoms with Crippen molar-refractivity contribution in [2.45, 2.75) is 19.4 Å². The number of rotatable bonds is 1. The predicted octanol–water partition coefficient (Wildman–Crippen LogP) is 0.596. The highest BCUT2D eigenvalue weighted by Crippen LogP contribution is 2.14. The van der Waals surface area contributed by atoms with Crippen LogP contribution in [-0.2, 0) is 0 Å². The van der Waals surface area contributed by atoms with E-state index < -0.39 is 0 Å². The Kier molecular flexibility index (Phi) is 2.46. The summed E-state index contributed by atoms with van der Waals surface area (Å²) in [5.41, 5.74) is 7.07. The Labute approximate surface area is 62.7 Å². The standard InChI is InChI=1S/C8H16N2/c1-7-3-4-10(2)8(5-7)6-9/h3,8H,4-6,9H2,1-2H3. The normalized spacial score (nSPS) is 28.3. The van der Waals surface area contributed by atoms with Gasteiger partial charge >= 0.3 is 0 Å². The third-order valence-corrected chi connectivity index (χ3v) is 2.18. The summed E-state index contributed by atoms with van der Waals surface area (Å²) in [6, 6.07) is 0.574. The zero-order valence-electron chi connectivity index (χ0n) is 6.80. The van der Waals surface area contributed by atoms with E-state index in [4.69, 9.17) is 5.73 Å². The molecule has 1 aliphatic rings. The van der Waals surface area contributed by atoms with Crippen molar-refractivity contribution in [3.63, 3.8) is 0 Å². The smallest absolute Gasteiger partial charge is 0.0255 e.